The van der Waals surface area contributed by atoms with Gasteiger partial charge in [0.15, 0.2) is 0 Å². The number of furan rings is 1. The van der Waals surface area contributed by atoms with Crippen LogP contribution in [0, 0.1) is 0 Å². The first kappa shape index (κ1) is 33.7. The molecule has 2 heteroatoms. The summed E-state index contributed by atoms with van der Waals surface area (Å²) < 4.78 is 6.97. The van der Waals surface area contributed by atoms with Crippen LogP contribution in [0.2, 0.25) is 0 Å². The number of benzene rings is 8. The lowest BCUT2D eigenvalue weighted by Gasteiger charge is -2.30. The van der Waals surface area contributed by atoms with Crippen molar-refractivity contribution in [3.05, 3.63) is 162 Å². The second-order valence-electron chi connectivity index (χ2n) is 18.2. The van der Waals surface area contributed by atoms with E-state index in [9.17, 15) is 0 Å². The Kier molecular flexibility index (Phi) is 7.09. The summed E-state index contributed by atoms with van der Waals surface area (Å²) in [7, 11) is 0. The Morgan fingerprint density at radius 1 is 0.491 bits per heavy atom. The maximum Gasteiger partial charge on any atom is 0.139 e. The third-order valence-electron chi connectivity index (χ3n) is 12.3. The Labute approximate surface area is 324 Å². The van der Waals surface area contributed by atoms with Crippen molar-refractivity contribution in [1.29, 1.82) is 0 Å². The molecule has 0 saturated heterocycles. The molecular formula is C53H47NO. The molecule has 1 aliphatic carbocycles. The van der Waals surface area contributed by atoms with Gasteiger partial charge in [0, 0.05) is 27.6 Å². The van der Waals surface area contributed by atoms with E-state index in [1.165, 1.54) is 76.8 Å². The predicted octanol–water partition coefficient (Wildman–Crippen LogP) is 15.4. The number of anilines is 3. The number of nitrogens with zero attached hydrogens (tertiary/aromatic N) is 1. The van der Waals surface area contributed by atoms with Gasteiger partial charge in [0.2, 0.25) is 0 Å². The second-order valence-corrected chi connectivity index (χ2v) is 18.2. The predicted molar refractivity (Wildman–Crippen MR) is 236 cm³/mol. The molecule has 9 aromatic rings. The van der Waals surface area contributed by atoms with Crippen molar-refractivity contribution in [2.24, 2.45) is 0 Å². The van der Waals surface area contributed by atoms with Crippen LogP contribution in [0.3, 0.4) is 0 Å². The van der Waals surface area contributed by atoms with Crippen molar-refractivity contribution in [1.82, 2.24) is 0 Å². The summed E-state index contributed by atoms with van der Waals surface area (Å²) in [6, 6.07) is 52.1. The molecule has 0 fully saturated rings. The normalized spacial score (nSPS) is 14.0. The van der Waals surface area contributed by atoms with Crippen LogP contribution in [-0.2, 0) is 16.2 Å². The number of hydrogen-bond acceptors (Lipinski definition) is 2. The fraction of sp³-hybridized carbons (Fsp3) is 0.208. The van der Waals surface area contributed by atoms with Crippen LogP contribution in [0.4, 0.5) is 17.1 Å². The minimum Gasteiger partial charge on any atom is -0.456 e. The molecule has 0 spiro atoms. The van der Waals surface area contributed by atoms with Crippen molar-refractivity contribution in [3.8, 4) is 11.1 Å². The molecule has 0 N–H and O–H groups in total. The summed E-state index contributed by atoms with van der Waals surface area (Å²) >= 11 is 0. The van der Waals surface area contributed by atoms with Crippen LogP contribution in [0.25, 0.3) is 65.4 Å². The van der Waals surface area contributed by atoms with Gasteiger partial charge in [-0.05, 0) is 102 Å². The van der Waals surface area contributed by atoms with Crippen molar-refractivity contribution < 1.29 is 4.42 Å². The maximum atomic E-state index is 6.97. The van der Waals surface area contributed by atoms with Gasteiger partial charge in [-0.3, -0.25) is 0 Å². The molecule has 1 aliphatic rings. The highest BCUT2D eigenvalue weighted by atomic mass is 16.3. The maximum absolute atomic E-state index is 6.97. The van der Waals surface area contributed by atoms with Crippen molar-refractivity contribution >= 4 is 71.3 Å². The highest BCUT2D eigenvalue weighted by molar-refractivity contribution is 6.26. The Morgan fingerprint density at radius 3 is 1.75 bits per heavy atom. The lowest BCUT2D eigenvalue weighted by Crippen LogP contribution is -2.16. The van der Waals surface area contributed by atoms with Gasteiger partial charge < -0.3 is 9.32 Å². The summed E-state index contributed by atoms with van der Waals surface area (Å²) in [4.78, 5) is 2.53. The van der Waals surface area contributed by atoms with E-state index < -0.39 is 0 Å². The second kappa shape index (κ2) is 11.6. The first-order chi connectivity index (χ1) is 26.3. The molecule has 0 bridgehead atoms. The van der Waals surface area contributed by atoms with E-state index in [2.05, 4.69) is 200 Å². The van der Waals surface area contributed by atoms with Gasteiger partial charge in [0.05, 0.1) is 16.8 Å². The van der Waals surface area contributed by atoms with Crippen LogP contribution in [0.5, 0.6) is 0 Å². The lowest BCUT2D eigenvalue weighted by molar-refractivity contribution is 0.559. The van der Waals surface area contributed by atoms with Crippen molar-refractivity contribution in [2.45, 2.75) is 71.6 Å². The molecule has 1 heterocycles. The molecule has 2 nitrogen and oxygen atoms in total. The third kappa shape index (κ3) is 4.93. The molecule has 270 valence electrons. The summed E-state index contributed by atoms with van der Waals surface area (Å²) in [5.74, 6) is 0. The molecule has 0 aliphatic heterocycles. The van der Waals surface area contributed by atoms with E-state index in [1.807, 2.05) is 0 Å². The van der Waals surface area contributed by atoms with E-state index >= 15 is 0 Å². The first-order valence-electron chi connectivity index (χ1n) is 19.7. The quantitative estimate of drug-likeness (QED) is 0.170. The zero-order valence-electron chi connectivity index (χ0n) is 33.1. The van der Waals surface area contributed by atoms with Crippen LogP contribution in [0.15, 0.2) is 144 Å². The molecule has 0 amide bonds. The van der Waals surface area contributed by atoms with Gasteiger partial charge in [-0.15, -0.1) is 0 Å². The van der Waals surface area contributed by atoms with Gasteiger partial charge in [0.1, 0.15) is 11.2 Å². The molecular weight excluding hydrogens is 667 g/mol. The molecule has 0 saturated carbocycles. The average Bonchev–Trinajstić information content (AvgIpc) is 3.67. The largest absolute Gasteiger partial charge is 0.456 e. The van der Waals surface area contributed by atoms with Gasteiger partial charge >= 0.3 is 0 Å². The Bertz CT molecular complexity index is 3000. The fourth-order valence-corrected chi connectivity index (χ4v) is 9.45. The van der Waals surface area contributed by atoms with E-state index in [1.54, 1.807) is 0 Å². The lowest BCUT2D eigenvalue weighted by atomic mass is 9.79. The highest BCUT2D eigenvalue weighted by Crippen LogP contribution is 2.55. The molecule has 8 aromatic carbocycles. The van der Waals surface area contributed by atoms with E-state index in [0.29, 0.717) is 0 Å². The van der Waals surface area contributed by atoms with Crippen LogP contribution >= 0.6 is 0 Å². The van der Waals surface area contributed by atoms with Crippen LogP contribution < -0.4 is 4.90 Å². The van der Waals surface area contributed by atoms with Crippen LogP contribution in [-0.4, -0.2) is 0 Å². The van der Waals surface area contributed by atoms with Gasteiger partial charge in [-0.1, -0.05) is 159 Å². The molecule has 0 unspecified atom stereocenters. The van der Waals surface area contributed by atoms with Crippen LogP contribution in [0.1, 0.15) is 77.6 Å². The number of fused-ring (bicyclic) bond motifs is 12. The van der Waals surface area contributed by atoms with Crippen molar-refractivity contribution in [2.75, 3.05) is 4.90 Å². The standard InChI is InChI=1S/C53H47NO/c1-51(2,3)32-29-41-49-46(25-16-26-47(49)55-50(41)44(30-32)52(4,5)6)54(45-24-15-23-43-48(45)39-21-13-14-22-42(39)53(43,7)8)33-27-28-38-36-19-10-9-17-34(36)35-18-11-12-20-37(35)40(38)31-33/h9-31H,1-8H3. The minimum atomic E-state index is -0.135. The van der Waals surface area contributed by atoms with Gasteiger partial charge in [0.25, 0.3) is 0 Å². The summed E-state index contributed by atoms with van der Waals surface area (Å²) in [5, 5.41) is 9.92. The summed E-state index contributed by atoms with van der Waals surface area (Å²) in [6.07, 6.45) is 0. The SMILES string of the molecule is CC(C)(C)c1cc(C(C)(C)C)c2oc3cccc(N(c4ccc5c6ccccc6c6ccccc6c5c4)c4cccc5c4-c4ccccc4C5(C)C)c3c2c1. The van der Waals surface area contributed by atoms with Gasteiger partial charge in [-0.25, -0.2) is 0 Å². The zero-order valence-corrected chi connectivity index (χ0v) is 33.1. The first-order valence-corrected chi connectivity index (χ1v) is 19.7. The molecule has 1 aromatic heterocycles. The summed E-state index contributed by atoms with van der Waals surface area (Å²) in [6.45, 7) is 18.6. The third-order valence-corrected chi connectivity index (χ3v) is 12.3. The van der Waals surface area contributed by atoms with Gasteiger partial charge in [-0.2, -0.15) is 0 Å². The molecule has 55 heavy (non-hydrogen) atoms. The molecule has 0 atom stereocenters. The summed E-state index contributed by atoms with van der Waals surface area (Å²) in [5.41, 5.74) is 12.9. The number of hydrogen-bond donors (Lipinski definition) is 0. The van der Waals surface area contributed by atoms with E-state index in [-0.39, 0.29) is 16.2 Å². The fourth-order valence-electron chi connectivity index (χ4n) is 9.45. The van der Waals surface area contributed by atoms with E-state index in [4.69, 9.17) is 4.42 Å². The molecule has 10 rings (SSSR count). The zero-order chi connectivity index (χ0) is 38.0. The number of rotatable bonds is 3. The van der Waals surface area contributed by atoms with Crippen molar-refractivity contribution in [3.63, 3.8) is 0 Å². The van der Waals surface area contributed by atoms with E-state index in [0.717, 1.165) is 27.9 Å². The Hall–Kier alpha value is -5.86. The Balaban J connectivity index is 1.35. The minimum absolute atomic E-state index is 0.0376. The smallest absolute Gasteiger partial charge is 0.139 e. The Morgan fingerprint density at radius 2 is 1.07 bits per heavy atom. The topological polar surface area (TPSA) is 16.4 Å². The average molecular weight is 714 g/mol. The molecule has 0 radical (unpaired) electrons. The monoisotopic (exact) mass is 713 g/mol. The highest BCUT2D eigenvalue weighted by Gasteiger charge is 2.38.